The van der Waals surface area contributed by atoms with Crippen LogP contribution in [0.3, 0.4) is 0 Å². The van der Waals surface area contributed by atoms with E-state index in [1.165, 1.54) is 0 Å². The van der Waals surface area contributed by atoms with Crippen molar-refractivity contribution in [2.45, 2.75) is 74.8 Å². The molecule has 160 valence electrons. The first kappa shape index (κ1) is 24.2. The molecule has 0 radical (unpaired) electrons. The Hall–Kier alpha value is -0.855. The minimum absolute atomic E-state index is 0.180. The van der Waals surface area contributed by atoms with E-state index in [0.717, 1.165) is 0 Å². The highest BCUT2D eigenvalue weighted by molar-refractivity contribution is 6.46. The van der Waals surface area contributed by atoms with Gasteiger partial charge in [-0.2, -0.15) is 52.7 Å². The lowest BCUT2D eigenvalue weighted by atomic mass is 9.64. The van der Waals surface area contributed by atoms with E-state index in [0.29, 0.717) is 6.42 Å². The number of rotatable bonds is 5. The highest BCUT2D eigenvalue weighted by Gasteiger charge is 2.63. The second-order valence-electron chi connectivity index (χ2n) is 5.97. The first-order valence-electron chi connectivity index (χ1n) is 7.52. The zero-order valence-corrected chi connectivity index (χ0v) is 13.2. The third-order valence-electron chi connectivity index (χ3n) is 3.76. The quantitative estimate of drug-likeness (QED) is 0.406. The highest BCUT2D eigenvalue weighted by atomic mass is 19.4. The number of halogens is 12. The van der Waals surface area contributed by atoms with Crippen LogP contribution in [0.4, 0.5) is 52.7 Å². The van der Waals surface area contributed by atoms with Gasteiger partial charge in [-0.1, -0.05) is 32.1 Å². The maximum atomic E-state index is 12.6. The van der Waals surface area contributed by atoms with Crippen LogP contribution in [0.25, 0.3) is 0 Å². The molecule has 0 N–H and O–H groups in total. The standard InChI is InChI=1S/C12H13BF12O2/c14-9(15,16)7(10(17,18)19)26-13(6-4-2-1-3-5-6)27-8(11(20,21)22)12(23,24)25/h6-8H,1-5H2. The van der Waals surface area contributed by atoms with Crippen molar-refractivity contribution in [2.24, 2.45) is 0 Å². The highest BCUT2D eigenvalue weighted by Crippen LogP contribution is 2.43. The van der Waals surface area contributed by atoms with Gasteiger partial charge in [-0.15, -0.1) is 0 Å². The van der Waals surface area contributed by atoms with E-state index >= 15 is 0 Å². The van der Waals surface area contributed by atoms with Gasteiger partial charge in [-0.05, 0) is 5.82 Å². The molecule has 1 fully saturated rings. The van der Waals surface area contributed by atoms with Crippen LogP contribution in [-0.2, 0) is 9.31 Å². The Balaban J connectivity index is 3.19. The van der Waals surface area contributed by atoms with Crippen molar-refractivity contribution in [1.82, 2.24) is 0 Å². The molecule has 1 saturated carbocycles. The van der Waals surface area contributed by atoms with Gasteiger partial charge in [0.2, 0.25) is 12.2 Å². The molecule has 0 aromatic rings. The van der Waals surface area contributed by atoms with Crippen LogP contribution in [0.5, 0.6) is 0 Å². The molecule has 0 heterocycles. The molecule has 2 nitrogen and oxygen atoms in total. The first-order valence-corrected chi connectivity index (χ1v) is 7.52. The summed E-state index contributed by atoms with van der Waals surface area (Å²) in [5.41, 5.74) is 0. The molecule has 0 aliphatic heterocycles. The Morgan fingerprint density at radius 1 is 0.556 bits per heavy atom. The zero-order valence-electron chi connectivity index (χ0n) is 13.2. The summed E-state index contributed by atoms with van der Waals surface area (Å²) in [4.78, 5) is 0. The van der Waals surface area contributed by atoms with E-state index in [1.807, 2.05) is 0 Å². The minimum Gasteiger partial charge on any atom is -0.392 e. The van der Waals surface area contributed by atoms with Gasteiger partial charge in [-0.25, -0.2) is 0 Å². The van der Waals surface area contributed by atoms with Gasteiger partial charge in [0.05, 0.1) is 0 Å². The van der Waals surface area contributed by atoms with Crippen molar-refractivity contribution < 1.29 is 62.0 Å². The lowest BCUT2D eigenvalue weighted by Crippen LogP contribution is -2.54. The Bertz CT molecular complexity index is 401. The van der Waals surface area contributed by atoms with E-state index in [9.17, 15) is 52.7 Å². The van der Waals surface area contributed by atoms with Crippen molar-refractivity contribution in [3.05, 3.63) is 0 Å². The summed E-state index contributed by atoms with van der Waals surface area (Å²) in [5.74, 6) is -1.49. The van der Waals surface area contributed by atoms with E-state index < -0.39 is 49.8 Å². The third kappa shape index (κ3) is 7.24. The summed E-state index contributed by atoms with van der Waals surface area (Å²) in [7, 11) is -2.99. The van der Waals surface area contributed by atoms with Crippen LogP contribution in [0.1, 0.15) is 32.1 Å². The van der Waals surface area contributed by atoms with Crippen LogP contribution in [0, 0.1) is 0 Å². The van der Waals surface area contributed by atoms with Crippen LogP contribution in [0.2, 0.25) is 5.82 Å². The molecular weight excluding hydrogens is 415 g/mol. The largest absolute Gasteiger partial charge is 0.461 e. The molecule has 1 aliphatic carbocycles. The smallest absolute Gasteiger partial charge is 0.392 e. The van der Waals surface area contributed by atoms with Crippen molar-refractivity contribution in [3.63, 3.8) is 0 Å². The van der Waals surface area contributed by atoms with Crippen LogP contribution < -0.4 is 0 Å². The number of hydrogen-bond acceptors (Lipinski definition) is 2. The average molecular weight is 428 g/mol. The normalized spacial score (nSPS) is 18.4. The fraction of sp³-hybridized carbons (Fsp3) is 1.00. The summed E-state index contributed by atoms with van der Waals surface area (Å²) in [6, 6.07) is 0. The molecule has 0 unspecified atom stereocenters. The second-order valence-corrected chi connectivity index (χ2v) is 5.97. The summed E-state index contributed by atoms with van der Waals surface area (Å²) in [6.07, 6.45) is -33.3. The SMILES string of the molecule is FC(F)(F)C(OB(OC(C(F)(F)F)C(F)(F)F)C1CCCCC1)C(F)(F)F. The Labute approximate surface area is 145 Å². The van der Waals surface area contributed by atoms with E-state index in [-0.39, 0.29) is 25.7 Å². The Kier molecular flexibility index (Phi) is 7.39. The topological polar surface area (TPSA) is 18.5 Å². The summed E-state index contributed by atoms with van der Waals surface area (Å²) in [6.45, 7) is 0. The molecule has 0 aromatic heterocycles. The molecule has 1 aliphatic rings. The van der Waals surface area contributed by atoms with Crippen molar-refractivity contribution in [2.75, 3.05) is 0 Å². The van der Waals surface area contributed by atoms with E-state index in [2.05, 4.69) is 9.31 Å². The van der Waals surface area contributed by atoms with Crippen molar-refractivity contribution in [1.29, 1.82) is 0 Å². The summed E-state index contributed by atoms with van der Waals surface area (Å²) < 4.78 is 159. The number of hydrogen-bond donors (Lipinski definition) is 0. The lowest BCUT2D eigenvalue weighted by molar-refractivity contribution is -0.318. The third-order valence-corrected chi connectivity index (χ3v) is 3.76. The summed E-state index contributed by atoms with van der Waals surface area (Å²) >= 11 is 0. The van der Waals surface area contributed by atoms with Gasteiger partial charge in [0, 0.05) is 0 Å². The molecular formula is C12H13BF12O2. The Morgan fingerprint density at radius 2 is 0.852 bits per heavy atom. The fourth-order valence-electron chi connectivity index (χ4n) is 2.61. The van der Waals surface area contributed by atoms with Gasteiger partial charge in [0.1, 0.15) is 0 Å². The lowest BCUT2D eigenvalue weighted by Gasteiger charge is -2.34. The molecule has 15 heteroatoms. The predicted octanol–water partition coefficient (Wildman–Crippen LogP) is 5.83. The van der Waals surface area contributed by atoms with Crippen LogP contribution in [0.15, 0.2) is 0 Å². The average Bonchev–Trinajstić information content (AvgIpc) is 2.42. The first-order chi connectivity index (χ1) is 11.9. The van der Waals surface area contributed by atoms with Crippen LogP contribution in [-0.4, -0.2) is 44.0 Å². The Morgan fingerprint density at radius 3 is 1.11 bits per heavy atom. The molecule has 27 heavy (non-hydrogen) atoms. The zero-order chi connectivity index (χ0) is 21.3. The minimum atomic E-state index is -6.11. The maximum absolute atomic E-state index is 12.6. The maximum Gasteiger partial charge on any atom is 0.461 e. The number of alkyl halides is 12. The predicted molar refractivity (Wildman–Crippen MR) is 66.6 cm³/mol. The van der Waals surface area contributed by atoms with Crippen molar-refractivity contribution >= 4 is 7.12 Å². The van der Waals surface area contributed by atoms with Gasteiger partial charge in [-0.3, -0.25) is 0 Å². The van der Waals surface area contributed by atoms with Gasteiger partial charge >= 0.3 is 31.8 Å². The van der Waals surface area contributed by atoms with Gasteiger partial charge in [0.15, 0.2) is 0 Å². The molecule has 0 atom stereocenters. The molecule has 0 spiro atoms. The molecule has 0 bridgehead atoms. The monoisotopic (exact) mass is 428 g/mol. The van der Waals surface area contributed by atoms with E-state index in [4.69, 9.17) is 0 Å². The molecule has 0 amide bonds. The van der Waals surface area contributed by atoms with Crippen molar-refractivity contribution in [3.8, 4) is 0 Å². The van der Waals surface area contributed by atoms with Gasteiger partial charge in [0.25, 0.3) is 0 Å². The molecule has 0 aromatic carbocycles. The summed E-state index contributed by atoms with van der Waals surface area (Å²) in [5, 5.41) is 0. The fourth-order valence-corrected chi connectivity index (χ4v) is 2.61. The molecule has 1 rings (SSSR count). The van der Waals surface area contributed by atoms with Crippen LogP contribution >= 0.6 is 0 Å². The second kappa shape index (κ2) is 8.25. The van der Waals surface area contributed by atoms with E-state index in [1.54, 1.807) is 0 Å². The molecule has 0 saturated heterocycles. The van der Waals surface area contributed by atoms with Gasteiger partial charge < -0.3 is 9.31 Å².